The lowest BCUT2D eigenvalue weighted by Crippen LogP contribution is -2.12. The number of nitrogens with zero attached hydrogens (tertiary/aromatic N) is 2. The quantitative estimate of drug-likeness (QED) is 0.857. The third-order valence-electron chi connectivity index (χ3n) is 2.30. The van der Waals surface area contributed by atoms with Gasteiger partial charge in [-0.15, -0.1) is 21.8 Å². The van der Waals surface area contributed by atoms with Crippen LogP contribution in [0.1, 0.15) is 10.6 Å². The molecular formula is C12H12ClN3OS. The third-order valence-corrected chi connectivity index (χ3v) is 3.45. The molecule has 0 unspecified atom stereocenters. The van der Waals surface area contributed by atoms with E-state index in [2.05, 4.69) is 27.6 Å². The molecule has 1 N–H and O–H groups in total. The van der Waals surface area contributed by atoms with Crippen LogP contribution < -0.4 is 5.32 Å². The minimum atomic E-state index is -0.262. The number of hydrogen-bond acceptors (Lipinski definition) is 4. The van der Waals surface area contributed by atoms with Crippen LogP contribution >= 0.6 is 22.9 Å². The molecule has 0 radical (unpaired) electrons. The fraction of sp³-hybridized carbons (Fsp3) is 0.250. The van der Waals surface area contributed by atoms with Gasteiger partial charge in [0, 0.05) is 6.42 Å². The van der Waals surface area contributed by atoms with E-state index in [9.17, 15) is 4.79 Å². The van der Waals surface area contributed by atoms with E-state index in [1.54, 1.807) is 0 Å². The molecule has 18 heavy (non-hydrogen) atoms. The number of hydrogen-bond donors (Lipinski definition) is 1. The van der Waals surface area contributed by atoms with Gasteiger partial charge in [-0.2, -0.15) is 0 Å². The maximum absolute atomic E-state index is 11.1. The van der Waals surface area contributed by atoms with Crippen LogP contribution in [-0.2, 0) is 17.6 Å². The molecule has 6 heteroatoms. The lowest BCUT2D eigenvalue weighted by molar-refractivity contribution is -0.113. The van der Waals surface area contributed by atoms with E-state index in [1.165, 1.54) is 16.9 Å². The Labute approximate surface area is 114 Å². The zero-order chi connectivity index (χ0) is 12.8. The van der Waals surface area contributed by atoms with Gasteiger partial charge in [-0.3, -0.25) is 10.1 Å². The van der Waals surface area contributed by atoms with E-state index in [-0.39, 0.29) is 11.8 Å². The van der Waals surface area contributed by atoms with Crippen LogP contribution in [0.5, 0.6) is 0 Å². The van der Waals surface area contributed by atoms with Gasteiger partial charge in [-0.25, -0.2) is 0 Å². The first-order chi connectivity index (χ1) is 8.78. The summed E-state index contributed by atoms with van der Waals surface area (Å²) in [6.07, 6.45) is 1.73. The highest BCUT2D eigenvalue weighted by molar-refractivity contribution is 7.15. The molecule has 0 aliphatic heterocycles. The molecule has 0 aliphatic carbocycles. The maximum atomic E-state index is 11.1. The van der Waals surface area contributed by atoms with E-state index < -0.39 is 0 Å². The number of amides is 1. The van der Waals surface area contributed by atoms with Crippen molar-refractivity contribution in [1.29, 1.82) is 0 Å². The summed E-state index contributed by atoms with van der Waals surface area (Å²) in [7, 11) is 0. The first-order valence-corrected chi connectivity index (χ1v) is 6.85. The Bertz CT molecular complexity index is 515. The Morgan fingerprint density at radius 1 is 1.22 bits per heavy atom. The topological polar surface area (TPSA) is 54.9 Å². The molecule has 0 atom stereocenters. The molecule has 2 rings (SSSR count). The van der Waals surface area contributed by atoms with E-state index in [0.29, 0.717) is 5.13 Å². The molecule has 0 aliphatic rings. The van der Waals surface area contributed by atoms with Crippen molar-refractivity contribution in [1.82, 2.24) is 10.2 Å². The van der Waals surface area contributed by atoms with Crippen LogP contribution in [0.15, 0.2) is 30.3 Å². The summed E-state index contributed by atoms with van der Waals surface area (Å²) in [6, 6.07) is 10.2. The van der Waals surface area contributed by atoms with Crippen molar-refractivity contribution in [3.63, 3.8) is 0 Å². The van der Waals surface area contributed by atoms with Crippen LogP contribution in [0.3, 0.4) is 0 Å². The summed E-state index contributed by atoms with van der Waals surface area (Å²) in [5.41, 5.74) is 1.26. The van der Waals surface area contributed by atoms with E-state index in [0.717, 1.165) is 17.8 Å². The summed E-state index contributed by atoms with van der Waals surface area (Å²) >= 11 is 6.78. The molecule has 4 nitrogen and oxygen atoms in total. The largest absolute Gasteiger partial charge is 0.299 e. The van der Waals surface area contributed by atoms with Crippen molar-refractivity contribution in [3.8, 4) is 0 Å². The van der Waals surface area contributed by atoms with Gasteiger partial charge < -0.3 is 0 Å². The maximum Gasteiger partial charge on any atom is 0.241 e. The van der Waals surface area contributed by atoms with E-state index in [4.69, 9.17) is 11.6 Å². The van der Waals surface area contributed by atoms with Crippen LogP contribution in [0.4, 0.5) is 5.13 Å². The number of carbonyl (C=O) groups is 1. The molecule has 1 amide bonds. The summed E-state index contributed by atoms with van der Waals surface area (Å²) in [4.78, 5) is 11.1. The Morgan fingerprint density at radius 2 is 2.00 bits per heavy atom. The molecule has 0 bridgehead atoms. The van der Waals surface area contributed by atoms with Crippen LogP contribution in [0.25, 0.3) is 0 Å². The molecule has 94 valence electrons. The van der Waals surface area contributed by atoms with Gasteiger partial charge in [0.05, 0.1) is 0 Å². The van der Waals surface area contributed by atoms with Gasteiger partial charge in [0.15, 0.2) is 0 Å². The summed E-state index contributed by atoms with van der Waals surface area (Å²) in [6.45, 7) is 0. The van der Waals surface area contributed by atoms with Crippen LogP contribution in [-0.4, -0.2) is 22.0 Å². The predicted molar refractivity (Wildman–Crippen MR) is 73.1 cm³/mol. The zero-order valence-corrected chi connectivity index (χ0v) is 11.2. The molecular weight excluding hydrogens is 270 g/mol. The zero-order valence-electron chi connectivity index (χ0n) is 9.60. The highest BCUT2D eigenvalue weighted by atomic mass is 35.5. The van der Waals surface area contributed by atoms with Crippen molar-refractivity contribution < 1.29 is 4.79 Å². The van der Waals surface area contributed by atoms with Crippen molar-refractivity contribution in [2.45, 2.75) is 12.8 Å². The molecule has 0 spiro atoms. The molecule has 0 saturated carbocycles. The average Bonchev–Trinajstić information content (AvgIpc) is 2.85. The Kier molecular flexibility index (Phi) is 4.66. The van der Waals surface area contributed by atoms with E-state index >= 15 is 0 Å². The van der Waals surface area contributed by atoms with Gasteiger partial charge in [0.2, 0.25) is 11.0 Å². The predicted octanol–water partition coefficient (Wildman–Crippen LogP) is 2.50. The lowest BCUT2D eigenvalue weighted by atomic mass is 10.1. The van der Waals surface area contributed by atoms with Crippen molar-refractivity contribution in [2.24, 2.45) is 0 Å². The van der Waals surface area contributed by atoms with Gasteiger partial charge in [0.1, 0.15) is 10.9 Å². The molecule has 0 fully saturated rings. The number of aromatic nitrogens is 2. The normalized spacial score (nSPS) is 10.3. The first-order valence-electron chi connectivity index (χ1n) is 5.50. The average molecular weight is 282 g/mol. The number of anilines is 1. The van der Waals surface area contributed by atoms with Crippen molar-refractivity contribution >= 4 is 34.0 Å². The fourth-order valence-corrected chi connectivity index (χ4v) is 2.28. The first kappa shape index (κ1) is 13.0. The number of nitrogens with one attached hydrogen (secondary N) is 1. The molecule has 2 aromatic rings. The number of aryl methyl sites for hydroxylation is 2. The second-order valence-electron chi connectivity index (χ2n) is 3.67. The molecule has 1 aromatic heterocycles. The monoisotopic (exact) mass is 281 g/mol. The van der Waals surface area contributed by atoms with Gasteiger partial charge >= 0.3 is 0 Å². The standard InChI is InChI=1S/C12H12ClN3OS/c13-8-10(17)14-12-16-15-11(18-12)7-6-9-4-2-1-3-5-9/h1-5H,6-8H2,(H,14,16,17). The third kappa shape index (κ3) is 3.78. The minimum absolute atomic E-state index is 0.0705. The van der Waals surface area contributed by atoms with Crippen molar-refractivity contribution in [2.75, 3.05) is 11.2 Å². The SMILES string of the molecule is O=C(CCl)Nc1nnc(CCc2ccccc2)s1. The summed E-state index contributed by atoms with van der Waals surface area (Å²) < 4.78 is 0. The van der Waals surface area contributed by atoms with Crippen LogP contribution in [0.2, 0.25) is 0 Å². The number of benzene rings is 1. The molecule has 1 heterocycles. The van der Waals surface area contributed by atoms with Gasteiger partial charge in [0.25, 0.3) is 0 Å². The smallest absolute Gasteiger partial charge is 0.241 e. The summed E-state index contributed by atoms with van der Waals surface area (Å²) in [5, 5.41) is 11.9. The number of halogens is 1. The highest BCUT2D eigenvalue weighted by Gasteiger charge is 2.07. The van der Waals surface area contributed by atoms with Crippen molar-refractivity contribution in [3.05, 3.63) is 40.9 Å². The number of alkyl halides is 1. The summed E-state index contributed by atoms with van der Waals surface area (Å²) in [5.74, 6) is -0.332. The number of rotatable bonds is 5. The molecule has 0 saturated heterocycles. The Hall–Kier alpha value is -1.46. The lowest BCUT2D eigenvalue weighted by Gasteiger charge is -1.97. The van der Waals surface area contributed by atoms with Crippen LogP contribution in [0, 0.1) is 0 Å². The Morgan fingerprint density at radius 3 is 2.72 bits per heavy atom. The second-order valence-corrected chi connectivity index (χ2v) is 5.00. The second kappa shape index (κ2) is 6.47. The Balaban J connectivity index is 1.89. The highest BCUT2D eigenvalue weighted by Crippen LogP contribution is 2.17. The van der Waals surface area contributed by atoms with E-state index in [1.807, 2.05) is 18.2 Å². The number of carbonyl (C=O) groups excluding carboxylic acids is 1. The van der Waals surface area contributed by atoms with Gasteiger partial charge in [-0.05, 0) is 12.0 Å². The van der Waals surface area contributed by atoms with Gasteiger partial charge in [-0.1, -0.05) is 41.7 Å². The molecule has 1 aromatic carbocycles. The minimum Gasteiger partial charge on any atom is -0.299 e. The fourth-order valence-electron chi connectivity index (χ4n) is 1.45.